The molecule has 1 fully saturated rings. The molecule has 0 aromatic rings. The fraction of sp³-hybridized carbons (Fsp3) is 1.00. The van der Waals surface area contributed by atoms with Gasteiger partial charge in [-0.15, -0.1) is 0 Å². The van der Waals surface area contributed by atoms with Crippen molar-refractivity contribution in [3.05, 3.63) is 0 Å². The molecule has 0 aromatic carbocycles. The SMILES string of the molecule is CN(CCNCCC(C)(C)C)CC1CCCCC1. The number of nitrogens with zero attached hydrogens (tertiary/aromatic N) is 1. The highest BCUT2D eigenvalue weighted by molar-refractivity contribution is 4.69. The molecule has 1 rings (SSSR count). The van der Waals surface area contributed by atoms with Gasteiger partial charge < -0.3 is 10.2 Å². The Morgan fingerprint density at radius 2 is 1.72 bits per heavy atom. The molecule has 1 aliphatic carbocycles. The summed E-state index contributed by atoms with van der Waals surface area (Å²) >= 11 is 0. The van der Waals surface area contributed by atoms with Crippen LogP contribution in [0.15, 0.2) is 0 Å². The number of rotatable bonds is 7. The van der Waals surface area contributed by atoms with Gasteiger partial charge in [0, 0.05) is 19.6 Å². The van der Waals surface area contributed by atoms with E-state index in [-0.39, 0.29) is 0 Å². The maximum Gasteiger partial charge on any atom is 0.0104 e. The van der Waals surface area contributed by atoms with Crippen LogP contribution in [0.4, 0.5) is 0 Å². The molecule has 0 atom stereocenters. The predicted octanol–water partition coefficient (Wildman–Crippen LogP) is 3.52. The lowest BCUT2D eigenvalue weighted by molar-refractivity contribution is 0.232. The molecule has 0 spiro atoms. The molecule has 1 saturated carbocycles. The Labute approximate surface area is 115 Å². The molecular formula is C16H34N2. The molecule has 0 radical (unpaired) electrons. The summed E-state index contributed by atoms with van der Waals surface area (Å²) in [6.07, 6.45) is 8.57. The number of hydrogen-bond donors (Lipinski definition) is 1. The van der Waals surface area contributed by atoms with E-state index in [1.165, 1.54) is 51.6 Å². The third-order valence-electron chi connectivity index (χ3n) is 4.02. The zero-order valence-corrected chi connectivity index (χ0v) is 13.1. The second kappa shape index (κ2) is 8.16. The molecule has 2 nitrogen and oxygen atoms in total. The van der Waals surface area contributed by atoms with E-state index >= 15 is 0 Å². The van der Waals surface area contributed by atoms with E-state index in [1.807, 2.05) is 0 Å². The van der Waals surface area contributed by atoms with Gasteiger partial charge in [0.15, 0.2) is 0 Å². The summed E-state index contributed by atoms with van der Waals surface area (Å²) in [5.74, 6) is 0.971. The van der Waals surface area contributed by atoms with Gasteiger partial charge in [-0.1, -0.05) is 40.0 Å². The highest BCUT2D eigenvalue weighted by Crippen LogP contribution is 2.23. The summed E-state index contributed by atoms with van der Waals surface area (Å²) in [7, 11) is 2.28. The summed E-state index contributed by atoms with van der Waals surface area (Å²) in [6, 6.07) is 0. The van der Waals surface area contributed by atoms with Crippen molar-refractivity contribution in [2.45, 2.75) is 59.3 Å². The van der Waals surface area contributed by atoms with Crippen LogP contribution in [0.25, 0.3) is 0 Å². The van der Waals surface area contributed by atoms with Gasteiger partial charge in [0.1, 0.15) is 0 Å². The molecule has 0 aromatic heterocycles. The molecule has 1 N–H and O–H groups in total. The minimum Gasteiger partial charge on any atom is -0.315 e. The standard InChI is InChI=1S/C16H34N2/c1-16(2,3)10-11-17-12-13-18(4)14-15-8-6-5-7-9-15/h15,17H,5-14H2,1-4H3. The monoisotopic (exact) mass is 254 g/mol. The normalized spacial score (nSPS) is 18.5. The Bertz CT molecular complexity index is 202. The van der Waals surface area contributed by atoms with Gasteiger partial charge in [-0.05, 0) is 44.2 Å². The first-order chi connectivity index (χ1) is 8.47. The highest BCUT2D eigenvalue weighted by Gasteiger charge is 2.15. The van der Waals surface area contributed by atoms with Crippen LogP contribution in [0, 0.1) is 11.3 Å². The Kier molecular flexibility index (Phi) is 7.25. The molecule has 108 valence electrons. The van der Waals surface area contributed by atoms with E-state index in [9.17, 15) is 0 Å². The van der Waals surface area contributed by atoms with Crippen molar-refractivity contribution in [1.29, 1.82) is 0 Å². The molecule has 1 aliphatic rings. The Morgan fingerprint density at radius 1 is 1.06 bits per heavy atom. The smallest absolute Gasteiger partial charge is 0.0104 e. The van der Waals surface area contributed by atoms with E-state index in [2.05, 4.69) is 38.0 Å². The van der Waals surface area contributed by atoms with Crippen molar-refractivity contribution in [3.63, 3.8) is 0 Å². The van der Waals surface area contributed by atoms with E-state index in [0.29, 0.717) is 5.41 Å². The Hall–Kier alpha value is -0.0800. The van der Waals surface area contributed by atoms with Gasteiger partial charge in [-0.2, -0.15) is 0 Å². The van der Waals surface area contributed by atoms with Crippen LogP contribution in [0.1, 0.15) is 59.3 Å². The molecule has 0 unspecified atom stereocenters. The first-order valence-electron chi connectivity index (χ1n) is 7.87. The minimum atomic E-state index is 0.459. The summed E-state index contributed by atoms with van der Waals surface area (Å²) in [5, 5.41) is 3.57. The second-order valence-corrected chi connectivity index (χ2v) is 7.33. The molecular weight excluding hydrogens is 220 g/mol. The summed E-state index contributed by atoms with van der Waals surface area (Å²) in [5.41, 5.74) is 0.459. The summed E-state index contributed by atoms with van der Waals surface area (Å²) < 4.78 is 0. The molecule has 0 bridgehead atoms. The maximum atomic E-state index is 3.57. The van der Waals surface area contributed by atoms with E-state index in [0.717, 1.165) is 19.0 Å². The first kappa shape index (κ1) is 16.0. The van der Waals surface area contributed by atoms with Gasteiger partial charge in [-0.3, -0.25) is 0 Å². The lowest BCUT2D eigenvalue weighted by Crippen LogP contribution is -2.34. The van der Waals surface area contributed by atoms with Crippen molar-refractivity contribution < 1.29 is 0 Å². The molecule has 0 amide bonds. The lowest BCUT2D eigenvalue weighted by Gasteiger charge is -2.27. The van der Waals surface area contributed by atoms with Gasteiger partial charge in [-0.25, -0.2) is 0 Å². The van der Waals surface area contributed by atoms with E-state index < -0.39 is 0 Å². The van der Waals surface area contributed by atoms with Gasteiger partial charge >= 0.3 is 0 Å². The topological polar surface area (TPSA) is 15.3 Å². The minimum absolute atomic E-state index is 0.459. The zero-order valence-electron chi connectivity index (χ0n) is 13.1. The largest absolute Gasteiger partial charge is 0.315 e. The van der Waals surface area contributed by atoms with Crippen molar-refractivity contribution >= 4 is 0 Å². The van der Waals surface area contributed by atoms with Crippen LogP contribution < -0.4 is 5.32 Å². The average molecular weight is 254 g/mol. The number of likely N-dealkylation sites (N-methyl/N-ethyl adjacent to an activating group) is 1. The summed E-state index contributed by atoms with van der Waals surface area (Å²) in [6.45, 7) is 11.7. The zero-order chi connectivity index (χ0) is 13.4. The molecule has 0 aliphatic heterocycles. The van der Waals surface area contributed by atoms with Crippen molar-refractivity contribution in [3.8, 4) is 0 Å². The van der Waals surface area contributed by atoms with Gasteiger partial charge in [0.25, 0.3) is 0 Å². The maximum absolute atomic E-state index is 3.57. The van der Waals surface area contributed by atoms with Crippen LogP contribution in [0.5, 0.6) is 0 Å². The number of nitrogens with one attached hydrogen (secondary N) is 1. The molecule has 2 heteroatoms. The summed E-state index contributed by atoms with van der Waals surface area (Å²) in [4.78, 5) is 2.51. The third-order valence-corrected chi connectivity index (χ3v) is 4.02. The van der Waals surface area contributed by atoms with Crippen molar-refractivity contribution in [2.24, 2.45) is 11.3 Å². The third kappa shape index (κ3) is 8.10. The van der Waals surface area contributed by atoms with Crippen LogP contribution in [0.2, 0.25) is 0 Å². The highest BCUT2D eigenvalue weighted by atomic mass is 15.1. The van der Waals surface area contributed by atoms with Crippen molar-refractivity contribution in [1.82, 2.24) is 10.2 Å². The van der Waals surface area contributed by atoms with Gasteiger partial charge in [0.05, 0.1) is 0 Å². The quantitative estimate of drug-likeness (QED) is 0.699. The van der Waals surface area contributed by atoms with Crippen LogP contribution in [-0.2, 0) is 0 Å². The molecule has 0 heterocycles. The first-order valence-corrected chi connectivity index (χ1v) is 7.87. The fourth-order valence-electron chi connectivity index (χ4n) is 2.76. The van der Waals surface area contributed by atoms with Crippen LogP contribution in [-0.4, -0.2) is 38.1 Å². The number of hydrogen-bond acceptors (Lipinski definition) is 2. The van der Waals surface area contributed by atoms with Gasteiger partial charge in [0.2, 0.25) is 0 Å². The van der Waals surface area contributed by atoms with Crippen LogP contribution >= 0.6 is 0 Å². The fourth-order valence-corrected chi connectivity index (χ4v) is 2.76. The van der Waals surface area contributed by atoms with Crippen molar-refractivity contribution in [2.75, 3.05) is 33.2 Å². The molecule has 0 saturated heterocycles. The van der Waals surface area contributed by atoms with E-state index in [1.54, 1.807) is 0 Å². The lowest BCUT2D eigenvalue weighted by atomic mass is 9.89. The second-order valence-electron chi connectivity index (χ2n) is 7.33. The average Bonchev–Trinajstić information content (AvgIpc) is 2.28. The molecule has 18 heavy (non-hydrogen) atoms. The Balaban J connectivity index is 1.97. The van der Waals surface area contributed by atoms with Crippen LogP contribution in [0.3, 0.4) is 0 Å². The van der Waals surface area contributed by atoms with E-state index in [4.69, 9.17) is 0 Å². The Morgan fingerprint density at radius 3 is 2.33 bits per heavy atom. The predicted molar refractivity (Wildman–Crippen MR) is 81.0 cm³/mol.